The molecule has 0 radical (unpaired) electrons. The third-order valence-electron chi connectivity index (χ3n) is 3.87. The van der Waals surface area contributed by atoms with Crippen LogP contribution in [-0.2, 0) is 16.1 Å². The van der Waals surface area contributed by atoms with Crippen LogP contribution in [0.5, 0.6) is 0 Å². The molecule has 124 valence electrons. The lowest BCUT2D eigenvalue weighted by Gasteiger charge is -2.08. The topological polar surface area (TPSA) is 51.5 Å². The number of aliphatic hydroxyl groups excluding tert-OH is 1. The summed E-state index contributed by atoms with van der Waals surface area (Å²) in [5, 5.41) is 11.2. The van der Waals surface area contributed by atoms with Crippen molar-refractivity contribution < 1.29 is 14.6 Å². The molecule has 0 saturated carbocycles. The Labute approximate surface area is 148 Å². The van der Waals surface area contributed by atoms with Gasteiger partial charge in [-0.3, -0.25) is 0 Å². The number of aliphatic hydroxyl groups is 1. The van der Waals surface area contributed by atoms with Gasteiger partial charge in [-0.25, -0.2) is 4.79 Å². The number of hydrogen-bond donors (Lipinski definition) is 1. The zero-order valence-corrected chi connectivity index (χ0v) is 14.9. The highest BCUT2D eigenvalue weighted by Crippen LogP contribution is 2.30. The maximum Gasteiger partial charge on any atom is 0.339 e. The smallest absolute Gasteiger partial charge is 0.339 e. The fourth-order valence-corrected chi connectivity index (χ4v) is 3.13. The second-order valence-corrected chi connectivity index (χ2v) is 6.43. The standard InChI is InChI=1S/C19H18BrNO3/c1-2-24-19(23)18(22)16-12-21(11-13-6-4-3-5-7-13)17-9-8-14(20)10-15(16)17/h3-10,12,18,22H,2,11H2,1H3. The van der Waals surface area contributed by atoms with E-state index >= 15 is 0 Å². The number of fused-ring (bicyclic) bond motifs is 1. The first kappa shape index (κ1) is 16.7. The van der Waals surface area contributed by atoms with Crippen LogP contribution in [0, 0.1) is 0 Å². The number of aromatic nitrogens is 1. The number of carbonyl (C=O) groups is 1. The molecule has 0 bridgehead atoms. The first-order chi connectivity index (χ1) is 11.6. The molecule has 4 nitrogen and oxygen atoms in total. The van der Waals surface area contributed by atoms with Gasteiger partial charge in [0, 0.05) is 33.7 Å². The number of nitrogens with zero attached hydrogens (tertiary/aromatic N) is 1. The van der Waals surface area contributed by atoms with Crippen LogP contribution < -0.4 is 0 Å². The minimum atomic E-state index is -1.29. The van der Waals surface area contributed by atoms with Crippen molar-refractivity contribution in [2.45, 2.75) is 19.6 Å². The lowest BCUT2D eigenvalue weighted by atomic mass is 10.1. The monoisotopic (exact) mass is 387 g/mol. The highest BCUT2D eigenvalue weighted by molar-refractivity contribution is 9.10. The first-order valence-electron chi connectivity index (χ1n) is 7.77. The quantitative estimate of drug-likeness (QED) is 0.671. The van der Waals surface area contributed by atoms with Crippen LogP contribution >= 0.6 is 15.9 Å². The van der Waals surface area contributed by atoms with E-state index in [1.54, 1.807) is 6.92 Å². The maximum atomic E-state index is 11.9. The molecule has 2 aromatic carbocycles. The van der Waals surface area contributed by atoms with Crippen LogP contribution in [0.25, 0.3) is 10.9 Å². The van der Waals surface area contributed by atoms with E-state index in [9.17, 15) is 9.90 Å². The van der Waals surface area contributed by atoms with Gasteiger partial charge in [-0.15, -0.1) is 0 Å². The molecular formula is C19H18BrNO3. The van der Waals surface area contributed by atoms with Gasteiger partial charge in [-0.1, -0.05) is 46.3 Å². The molecule has 0 amide bonds. The van der Waals surface area contributed by atoms with Crippen molar-refractivity contribution in [3.63, 3.8) is 0 Å². The molecule has 1 aromatic heterocycles. The molecule has 1 N–H and O–H groups in total. The minimum Gasteiger partial charge on any atom is -0.464 e. The second-order valence-electron chi connectivity index (χ2n) is 5.51. The molecule has 0 aliphatic heterocycles. The number of benzene rings is 2. The maximum absolute atomic E-state index is 11.9. The summed E-state index contributed by atoms with van der Waals surface area (Å²) in [6.45, 7) is 2.62. The second kappa shape index (κ2) is 7.20. The SMILES string of the molecule is CCOC(=O)C(O)c1cn(Cc2ccccc2)c2ccc(Br)cc12. The van der Waals surface area contributed by atoms with Crippen molar-refractivity contribution in [1.29, 1.82) is 0 Å². The zero-order chi connectivity index (χ0) is 17.1. The Bertz CT molecular complexity index is 858. The van der Waals surface area contributed by atoms with Gasteiger partial charge >= 0.3 is 5.97 Å². The molecular weight excluding hydrogens is 370 g/mol. The van der Waals surface area contributed by atoms with Gasteiger partial charge in [0.05, 0.1) is 6.61 Å². The average molecular weight is 388 g/mol. The molecule has 0 saturated heterocycles. The van der Waals surface area contributed by atoms with Crippen molar-refractivity contribution in [3.05, 3.63) is 70.3 Å². The van der Waals surface area contributed by atoms with E-state index < -0.39 is 12.1 Å². The van der Waals surface area contributed by atoms with Crippen LogP contribution in [0.3, 0.4) is 0 Å². The molecule has 0 aliphatic carbocycles. The van der Waals surface area contributed by atoms with Crippen molar-refractivity contribution in [2.24, 2.45) is 0 Å². The summed E-state index contributed by atoms with van der Waals surface area (Å²) in [7, 11) is 0. The number of hydrogen-bond acceptors (Lipinski definition) is 3. The average Bonchev–Trinajstić information content (AvgIpc) is 2.93. The van der Waals surface area contributed by atoms with Crippen molar-refractivity contribution in [1.82, 2.24) is 4.57 Å². The molecule has 1 atom stereocenters. The van der Waals surface area contributed by atoms with Crippen LogP contribution in [0.2, 0.25) is 0 Å². The largest absolute Gasteiger partial charge is 0.464 e. The summed E-state index contributed by atoms with van der Waals surface area (Å²) in [5.74, 6) is -0.628. The Kier molecular flexibility index (Phi) is 5.02. The summed E-state index contributed by atoms with van der Waals surface area (Å²) in [5.41, 5.74) is 2.66. The van der Waals surface area contributed by atoms with E-state index in [4.69, 9.17) is 4.74 Å². The Hall–Kier alpha value is -2.11. The molecule has 3 aromatic rings. The number of halogens is 1. The van der Waals surface area contributed by atoms with E-state index in [0.717, 1.165) is 20.9 Å². The normalized spacial score (nSPS) is 12.3. The van der Waals surface area contributed by atoms with Gasteiger partial charge in [0.25, 0.3) is 0 Å². The number of esters is 1. The Morgan fingerprint density at radius 3 is 2.71 bits per heavy atom. The number of carbonyl (C=O) groups excluding carboxylic acids is 1. The molecule has 0 fully saturated rings. The summed E-state index contributed by atoms with van der Waals surface area (Å²) < 4.78 is 7.88. The lowest BCUT2D eigenvalue weighted by molar-refractivity contribution is -0.153. The van der Waals surface area contributed by atoms with Crippen LogP contribution in [-0.4, -0.2) is 22.2 Å². The van der Waals surface area contributed by atoms with E-state index in [1.165, 1.54) is 0 Å². The van der Waals surface area contributed by atoms with Gasteiger partial charge < -0.3 is 14.4 Å². The highest BCUT2D eigenvalue weighted by Gasteiger charge is 2.23. The van der Waals surface area contributed by atoms with Crippen LogP contribution in [0.4, 0.5) is 0 Å². The fourth-order valence-electron chi connectivity index (χ4n) is 2.77. The summed E-state index contributed by atoms with van der Waals surface area (Å²) in [6, 6.07) is 15.9. The van der Waals surface area contributed by atoms with Crippen molar-refractivity contribution in [3.8, 4) is 0 Å². The molecule has 3 rings (SSSR count). The Morgan fingerprint density at radius 2 is 2.00 bits per heavy atom. The fraction of sp³-hybridized carbons (Fsp3) is 0.211. The summed E-state index contributed by atoms with van der Waals surface area (Å²) >= 11 is 3.45. The predicted molar refractivity (Wildman–Crippen MR) is 96.8 cm³/mol. The highest BCUT2D eigenvalue weighted by atomic mass is 79.9. The molecule has 1 heterocycles. The van der Waals surface area contributed by atoms with Crippen molar-refractivity contribution in [2.75, 3.05) is 6.61 Å². The predicted octanol–water partition coefficient (Wildman–Crippen LogP) is 4.05. The lowest BCUT2D eigenvalue weighted by Crippen LogP contribution is -2.15. The third kappa shape index (κ3) is 3.37. The van der Waals surface area contributed by atoms with E-state index in [0.29, 0.717) is 12.1 Å². The van der Waals surface area contributed by atoms with Gasteiger partial charge in [0.1, 0.15) is 0 Å². The van der Waals surface area contributed by atoms with E-state index in [2.05, 4.69) is 15.9 Å². The van der Waals surface area contributed by atoms with Crippen LogP contribution in [0.15, 0.2) is 59.2 Å². The molecule has 1 unspecified atom stereocenters. The number of rotatable bonds is 5. The first-order valence-corrected chi connectivity index (χ1v) is 8.56. The molecule has 5 heteroatoms. The molecule has 24 heavy (non-hydrogen) atoms. The van der Waals surface area contributed by atoms with E-state index in [-0.39, 0.29) is 6.61 Å². The Balaban J connectivity index is 2.06. The van der Waals surface area contributed by atoms with Gasteiger partial charge in [0.2, 0.25) is 0 Å². The van der Waals surface area contributed by atoms with Gasteiger partial charge in [0.15, 0.2) is 6.10 Å². The number of ether oxygens (including phenoxy) is 1. The minimum absolute atomic E-state index is 0.238. The zero-order valence-electron chi connectivity index (χ0n) is 13.3. The third-order valence-corrected chi connectivity index (χ3v) is 4.37. The molecule has 0 spiro atoms. The summed E-state index contributed by atoms with van der Waals surface area (Å²) in [6.07, 6.45) is 0.532. The van der Waals surface area contributed by atoms with E-state index in [1.807, 2.05) is 59.3 Å². The van der Waals surface area contributed by atoms with Gasteiger partial charge in [-0.2, -0.15) is 0 Å². The Morgan fingerprint density at radius 1 is 1.25 bits per heavy atom. The molecule has 0 aliphatic rings. The summed E-state index contributed by atoms with van der Waals surface area (Å²) in [4.78, 5) is 11.9. The van der Waals surface area contributed by atoms with Crippen LogP contribution in [0.1, 0.15) is 24.2 Å². The van der Waals surface area contributed by atoms with Gasteiger partial charge in [-0.05, 0) is 30.7 Å². The van der Waals surface area contributed by atoms with Crippen molar-refractivity contribution >= 4 is 32.8 Å².